The van der Waals surface area contributed by atoms with Crippen LogP contribution in [0, 0.1) is 0 Å². The fourth-order valence-electron chi connectivity index (χ4n) is 1.13. The third kappa shape index (κ3) is 0.719. The lowest BCUT2D eigenvalue weighted by molar-refractivity contribution is 0.384. The summed E-state index contributed by atoms with van der Waals surface area (Å²) in [7, 11) is 4.02. The molecule has 0 N–H and O–H groups in total. The summed E-state index contributed by atoms with van der Waals surface area (Å²) in [6.45, 7) is 9.97. The van der Waals surface area contributed by atoms with Crippen LogP contribution >= 0.6 is 0 Å². The van der Waals surface area contributed by atoms with Crippen molar-refractivity contribution in [3.63, 3.8) is 0 Å². The molecule has 2 heteroatoms. The monoisotopic (exact) mass is 138 g/mol. The van der Waals surface area contributed by atoms with Gasteiger partial charge in [-0.05, 0) is 6.92 Å². The van der Waals surface area contributed by atoms with E-state index < -0.39 is 0 Å². The minimum absolute atomic E-state index is 0.400. The maximum absolute atomic E-state index is 3.94. The first-order chi connectivity index (χ1) is 4.55. The molecule has 0 aromatic carbocycles. The molecule has 0 spiro atoms. The van der Waals surface area contributed by atoms with Crippen molar-refractivity contribution in [2.45, 2.75) is 13.0 Å². The number of rotatable bonds is 0. The van der Waals surface area contributed by atoms with Gasteiger partial charge < -0.3 is 9.80 Å². The molecule has 0 amide bonds. The van der Waals surface area contributed by atoms with E-state index >= 15 is 0 Å². The Labute approximate surface area is 62.4 Å². The van der Waals surface area contributed by atoms with E-state index in [1.807, 2.05) is 19.0 Å². The number of likely N-dealkylation sites (N-methyl/N-ethyl adjacent to an activating group) is 2. The van der Waals surface area contributed by atoms with Gasteiger partial charge in [0, 0.05) is 19.8 Å². The predicted octanol–water partition coefficient (Wildman–Crippen LogP) is 1.24. The molecule has 0 radical (unpaired) electrons. The fourth-order valence-corrected chi connectivity index (χ4v) is 1.13. The molecule has 0 saturated carbocycles. The molecule has 1 aliphatic heterocycles. The summed E-state index contributed by atoms with van der Waals surface area (Å²) in [5, 5.41) is 0. The lowest BCUT2D eigenvalue weighted by Gasteiger charge is -2.16. The zero-order chi connectivity index (χ0) is 7.89. The minimum atomic E-state index is 0.400. The molecule has 1 heterocycles. The van der Waals surface area contributed by atoms with Crippen molar-refractivity contribution in [2.24, 2.45) is 0 Å². The Kier molecular flexibility index (Phi) is 1.47. The Bertz CT molecular complexity index is 164. The third-order valence-electron chi connectivity index (χ3n) is 2.29. The Morgan fingerprint density at radius 1 is 1.30 bits per heavy atom. The Morgan fingerprint density at radius 2 is 1.80 bits per heavy atom. The second-order valence-electron chi connectivity index (χ2n) is 2.75. The van der Waals surface area contributed by atoms with Crippen LogP contribution in [0.5, 0.6) is 0 Å². The molecule has 1 aliphatic rings. The summed E-state index contributed by atoms with van der Waals surface area (Å²) >= 11 is 0. The quantitative estimate of drug-likeness (QED) is 0.497. The van der Waals surface area contributed by atoms with E-state index in [-0.39, 0.29) is 0 Å². The van der Waals surface area contributed by atoms with E-state index in [0.717, 1.165) is 11.5 Å². The summed E-state index contributed by atoms with van der Waals surface area (Å²) in [5.41, 5.74) is 1.12. The van der Waals surface area contributed by atoms with E-state index in [1.54, 1.807) is 0 Å². The molecule has 0 aliphatic carbocycles. The van der Waals surface area contributed by atoms with Crippen LogP contribution in [0.3, 0.4) is 0 Å². The standard InChI is InChI=1S/C8H14N2/c1-6-7(2)10(5)8(3)9(6)4/h7H,1,3H2,2,4-5H3. The molecule has 1 fully saturated rings. The van der Waals surface area contributed by atoms with Gasteiger partial charge >= 0.3 is 0 Å². The first-order valence-corrected chi connectivity index (χ1v) is 3.40. The Morgan fingerprint density at radius 3 is 1.90 bits per heavy atom. The van der Waals surface area contributed by atoms with E-state index in [2.05, 4.69) is 25.0 Å². The van der Waals surface area contributed by atoms with Crippen molar-refractivity contribution in [1.82, 2.24) is 9.80 Å². The first-order valence-electron chi connectivity index (χ1n) is 3.40. The summed E-state index contributed by atoms with van der Waals surface area (Å²) in [5.74, 6) is 1.03. The minimum Gasteiger partial charge on any atom is -0.353 e. The van der Waals surface area contributed by atoms with Gasteiger partial charge in [-0.15, -0.1) is 0 Å². The van der Waals surface area contributed by atoms with Gasteiger partial charge in [0.05, 0.1) is 6.04 Å². The van der Waals surface area contributed by atoms with Crippen LogP contribution in [0.4, 0.5) is 0 Å². The third-order valence-corrected chi connectivity index (χ3v) is 2.29. The predicted molar refractivity (Wildman–Crippen MR) is 43.3 cm³/mol. The second-order valence-corrected chi connectivity index (χ2v) is 2.75. The highest BCUT2D eigenvalue weighted by Gasteiger charge is 2.27. The summed E-state index contributed by atoms with van der Waals surface area (Å²) in [6, 6.07) is 0.400. The van der Waals surface area contributed by atoms with Gasteiger partial charge in [-0.3, -0.25) is 0 Å². The molecule has 1 rings (SSSR count). The summed E-state index contributed by atoms with van der Waals surface area (Å²) in [4.78, 5) is 4.13. The van der Waals surface area contributed by atoms with Gasteiger partial charge in [0.1, 0.15) is 5.82 Å². The maximum Gasteiger partial charge on any atom is 0.101 e. The SMILES string of the molecule is C=C1C(C)N(C)C(=C)N1C. The molecule has 56 valence electrons. The van der Waals surface area contributed by atoms with E-state index in [0.29, 0.717) is 6.04 Å². The average molecular weight is 138 g/mol. The van der Waals surface area contributed by atoms with Crippen molar-refractivity contribution in [3.05, 3.63) is 24.7 Å². The van der Waals surface area contributed by atoms with E-state index in [9.17, 15) is 0 Å². The van der Waals surface area contributed by atoms with Crippen molar-refractivity contribution in [2.75, 3.05) is 14.1 Å². The zero-order valence-electron chi connectivity index (χ0n) is 6.89. The summed E-state index contributed by atoms with van der Waals surface area (Å²) < 4.78 is 0. The lowest BCUT2D eigenvalue weighted by atomic mass is 10.3. The number of hydrogen-bond acceptors (Lipinski definition) is 2. The fraction of sp³-hybridized carbons (Fsp3) is 0.500. The normalized spacial score (nSPS) is 26.5. The molecular formula is C8H14N2. The van der Waals surface area contributed by atoms with Crippen LogP contribution in [0.1, 0.15) is 6.92 Å². The molecule has 10 heavy (non-hydrogen) atoms. The highest BCUT2D eigenvalue weighted by atomic mass is 15.4. The Hall–Kier alpha value is -0.920. The highest BCUT2D eigenvalue weighted by Crippen LogP contribution is 2.26. The van der Waals surface area contributed by atoms with Gasteiger partial charge in [-0.1, -0.05) is 13.2 Å². The second kappa shape index (κ2) is 2.04. The van der Waals surface area contributed by atoms with Crippen LogP contribution in [0.2, 0.25) is 0 Å². The highest BCUT2D eigenvalue weighted by molar-refractivity contribution is 5.19. The van der Waals surface area contributed by atoms with Crippen LogP contribution in [0.25, 0.3) is 0 Å². The van der Waals surface area contributed by atoms with E-state index in [4.69, 9.17) is 0 Å². The van der Waals surface area contributed by atoms with Crippen molar-refractivity contribution in [3.8, 4) is 0 Å². The Balaban J connectivity index is 2.89. The number of hydrogen-bond donors (Lipinski definition) is 0. The van der Waals surface area contributed by atoms with Gasteiger partial charge in [0.2, 0.25) is 0 Å². The van der Waals surface area contributed by atoms with Crippen LogP contribution in [0.15, 0.2) is 24.7 Å². The molecule has 1 saturated heterocycles. The smallest absolute Gasteiger partial charge is 0.101 e. The molecule has 1 unspecified atom stereocenters. The molecular weight excluding hydrogens is 124 g/mol. The van der Waals surface area contributed by atoms with Crippen LogP contribution in [-0.2, 0) is 0 Å². The lowest BCUT2D eigenvalue weighted by Crippen LogP contribution is -2.20. The van der Waals surface area contributed by atoms with Crippen LogP contribution in [-0.4, -0.2) is 29.9 Å². The van der Waals surface area contributed by atoms with Crippen molar-refractivity contribution in [1.29, 1.82) is 0 Å². The molecule has 1 atom stereocenters. The molecule has 0 bridgehead atoms. The van der Waals surface area contributed by atoms with Gasteiger partial charge in [0.25, 0.3) is 0 Å². The van der Waals surface area contributed by atoms with Crippen molar-refractivity contribution < 1.29 is 0 Å². The summed E-state index contributed by atoms with van der Waals surface area (Å²) in [6.07, 6.45) is 0. The first kappa shape index (κ1) is 7.19. The average Bonchev–Trinajstić information content (AvgIpc) is 2.07. The largest absolute Gasteiger partial charge is 0.353 e. The topological polar surface area (TPSA) is 6.48 Å². The molecule has 0 aromatic heterocycles. The molecule has 2 nitrogen and oxygen atoms in total. The van der Waals surface area contributed by atoms with Crippen LogP contribution < -0.4 is 0 Å². The van der Waals surface area contributed by atoms with Crippen molar-refractivity contribution >= 4 is 0 Å². The maximum atomic E-state index is 3.94. The van der Waals surface area contributed by atoms with Gasteiger partial charge in [-0.2, -0.15) is 0 Å². The van der Waals surface area contributed by atoms with Gasteiger partial charge in [0.15, 0.2) is 0 Å². The van der Waals surface area contributed by atoms with Gasteiger partial charge in [-0.25, -0.2) is 0 Å². The van der Waals surface area contributed by atoms with E-state index in [1.165, 1.54) is 0 Å². The molecule has 0 aromatic rings. The zero-order valence-corrected chi connectivity index (χ0v) is 6.89. The number of nitrogens with zero attached hydrogens (tertiary/aromatic N) is 2.